The lowest BCUT2D eigenvalue weighted by atomic mass is 10.1. The van der Waals surface area contributed by atoms with Crippen LogP contribution >= 0.6 is 0 Å². The normalized spacial score (nSPS) is 12.7. The van der Waals surface area contributed by atoms with E-state index in [-0.39, 0.29) is 33.2 Å². The predicted molar refractivity (Wildman–Crippen MR) is 120 cm³/mol. The van der Waals surface area contributed by atoms with Crippen LogP contribution in [0.5, 0.6) is 5.75 Å². The molecule has 184 valence electrons. The van der Waals surface area contributed by atoms with Crippen molar-refractivity contribution < 1.29 is 31.8 Å². The zero-order valence-electron chi connectivity index (χ0n) is 18.5. The first-order valence-electron chi connectivity index (χ1n) is 10.2. The summed E-state index contributed by atoms with van der Waals surface area (Å²) in [5, 5.41) is 19.1. The number of amides is 1. The van der Waals surface area contributed by atoms with Gasteiger partial charge in [0.2, 0.25) is 0 Å². The minimum Gasteiger partial charge on any atom is -0.434 e. The van der Waals surface area contributed by atoms with Crippen LogP contribution in [0.3, 0.4) is 0 Å². The molecule has 1 atom stereocenters. The van der Waals surface area contributed by atoms with Crippen molar-refractivity contribution >= 4 is 27.1 Å². The molecule has 3 heterocycles. The monoisotopic (exact) mass is 506 g/mol. The van der Waals surface area contributed by atoms with E-state index in [4.69, 9.17) is 0 Å². The summed E-state index contributed by atoms with van der Waals surface area (Å²) in [5.74, 6) is -0.940. The van der Waals surface area contributed by atoms with E-state index >= 15 is 0 Å². The number of carbonyl (C=O) groups excluding carboxylic acids is 1. The fourth-order valence-electron chi connectivity index (χ4n) is 3.36. The third-order valence-electron chi connectivity index (χ3n) is 5.14. The number of hydrogen-bond donors (Lipinski definition) is 2. The van der Waals surface area contributed by atoms with Gasteiger partial charge in [-0.1, -0.05) is 0 Å². The Kier molecular flexibility index (Phi) is 6.49. The van der Waals surface area contributed by atoms with Crippen molar-refractivity contribution in [2.45, 2.75) is 23.7 Å². The van der Waals surface area contributed by atoms with E-state index in [2.05, 4.69) is 25.2 Å². The van der Waals surface area contributed by atoms with Crippen LogP contribution in [0.15, 0.2) is 53.9 Å². The number of rotatable bonds is 8. The first-order valence-corrected chi connectivity index (χ1v) is 11.7. The fraction of sp³-hybridized carbons (Fsp3) is 0.238. The zero-order chi connectivity index (χ0) is 25.3. The van der Waals surface area contributed by atoms with Gasteiger partial charge in [-0.2, -0.15) is 19.0 Å². The number of hydrogen-bond acceptors (Lipinski definition) is 8. The lowest BCUT2D eigenvalue weighted by molar-refractivity contribution is -0.0494. The average molecular weight is 506 g/mol. The minimum absolute atomic E-state index is 0.00497. The largest absolute Gasteiger partial charge is 0.434 e. The molecule has 14 heteroatoms. The van der Waals surface area contributed by atoms with Gasteiger partial charge in [0.1, 0.15) is 17.0 Å². The highest BCUT2D eigenvalue weighted by atomic mass is 32.2. The van der Waals surface area contributed by atoms with Crippen molar-refractivity contribution in [2.75, 3.05) is 11.9 Å². The molecule has 1 amide bonds. The number of nitrogens with one attached hydrogen (secondary N) is 1. The van der Waals surface area contributed by atoms with Crippen LogP contribution in [-0.4, -0.2) is 62.3 Å². The Labute approximate surface area is 197 Å². The third kappa shape index (κ3) is 4.70. The van der Waals surface area contributed by atoms with Gasteiger partial charge in [-0.05, 0) is 31.2 Å². The highest BCUT2D eigenvalue weighted by Crippen LogP contribution is 2.37. The molecule has 35 heavy (non-hydrogen) atoms. The van der Waals surface area contributed by atoms with Gasteiger partial charge in [0.25, 0.3) is 5.91 Å². The van der Waals surface area contributed by atoms with E-state index in [0.29, 0.717) is 5.65 Å². The average Bonchev–Trinajstić information content (AvgIpc) is 3.41. The number of aliphatic hydroxyl groups excluding tert-OH is 1. The van der Waals surface area contributed by atoms with Crippen molar-refractivity contribution in [1.82, 2.24) is 24.4 Å². The lowest BCUT2D eigenvalue weighted by Gasteiger charge is -2.15. The zero-order valence-corrected chi connectivity index (χ0v) is 19.3. The van der Waals surface area contributed by atoms with E-state index in [1.165, 1.54) is 41.8 Å². The van der Waals surface area contributed by atoms with Crippen LogP contribution < -0.4 is 10.1 Å². The summed E-state index contributed by atoms with van der Waals surface area (Å²) in [7, 11) is -2.45. The van der Waals surface area contributed by atoms with Crippen LogP contribution in [0.4, 0.5) is 14.5 Å². The van der Waals surface area contributed by atoms with Crippen LogP contribution in [0, 0.1) is 0 Å². The molecule has 0 aliphatic heterocycles. The predicted octanol–water partition coefficient (Wildman–Crippen LogP) is 2.14. The van der Waals surface area contributed by atoms with Gasteiger partial charge < -0.3 is 15.2 Å². The molecule has 0 saturated carbocycles. The van der Waals surface area contributed by atoms with Crippen LogP contribution in [-0.2, 0) is 16.9 Å². The highest BCUT2D eigenvalue weighted by molar-refractivity contribution is 7.92. The molecule has 0 fully saturated rings. The number of carbonyl (C=O) groups is 1. The van der Waals surface area contributed by atoms with E-state index in [1.807, 2.05) is 0 Å². The quantitative estimate of drug-likeness (QED) is 0.370. The van der Waals surface area contributed by atoms with Crippen molar-refractivity contribution in [3.05, 3.63) is 54.6 Å². The molecule has 0 radical (unpaired) electrons. The molecule has 0 aliphatic rings. The van der Waals surface area contributed by atoms with Crippen LogP contribution in [0.1, 0.15) is 17.3 Å². The van der Waals surface area contributed by atoms with Crippen LogP contribution in [0.2, 0.25) is 0 Å². The van der Waals surface area contributed by atoms with E-state index < -0.39 is 34.2 Å². The summed E-state index contributed by atoms with van der Waals surface area (Å²) < 4.78 is 59.1. The second-order valence-corrected chi connectivity index (χ2v) is 9.91. The van der Waals surface area contributed by atoms with Gasteiger partial charge >= 0.3 is 6.61 Å². The highest BCUT2D eigenvalue weighted by Gasteiger charge is 2.27. The number of benzene rings is 1. The number of halogens is 2. The van der Waals surface area contributed by atoms with Crippen molar-refractivity contribution in [3.63, 3.8) is 0 Å². The second kappa shape index (κ2) is 9.38. The molecule has 0 saturated heterocycles. The Bertz CT molecular complexity index is 1500. The number of ether oxygens (including phenoxy) is 1. The first kappa shape index (κ1) is 24.2. The smallest absolute Gasteiger partial charge is 0.387 e. The van der Waals surface area contributed by atoms with Gasteiger partial charge in [-0.15, -0.1) is 0 Å². The molecule has 1 aromatic carbocycles. The molecule has 2 N–H and O–H groups in total. The molecular weight excluding hydrogens is 486 g/mol. The Hall–Kier alpha value is -3.91. The Morgan fingerprint density at radius 1 is 1.31 bits per heavy atom. The lowest BCUT2D eigenvalue weighted by Crippen LogP contribution is -2.21. The Morgan fingerprint density at radius 3 is 2.80 bits per heavy atom. The molecule has 0 aliphatic carbocycles. The molecule has 3 aromatic heterocycles. The standard InChI is InChI=1S/C21H20F2N6O5S/c1-12(11-30)35(32,33)13-4-5-17(34-21(22)23)14(8-13)18-16(10-28(2)27-18)26-20(31)15-9-25-29-7-3-6-24-19(15)29/h3-10,12,21,30H,11H2,1-2H3,(H,26,31)/t12-/m0/s1. The maximum Gasteiger partial charge on any atom is 0.387 e. The minimum atomic E-state index is -3.99. The number of alkyl halides is 2. The maximum absolute atomic E-state index is 13.1. The Balaban J connectivity index is 1.80. The van der Waals surface area contributed by atoms with Crippen molar-refractivity contribution in [2.24, 2.45) is 7.05 Å². The molecule has 0 bridgehead atoms. The maximum atomic E-state index is 13.1. The number of aliphatic hydroxyl groups is 1. The van der Waals surface area contributed by atoms with Crippen LogP contribution in [0.25, 0.3) is 16.9 Å². The van der Waals surface area contributed by atoms with Gasteiger partial charge in [0.15, 0.2) is 15.5 Å². The number of nitrogens with zero attached hydrogens (tertiary/aromatic N) is 5. The van der Waals surface area contributed by atoms with Gasteiger partial charge in [-0.3, -0.25) is 9.48 Å². The number of sulfone groups is 1. The number of aromatic nitrogens is 5. The van der Waals surface area contributed by atoms with Gasteiger partial charge in [0, 0.05) is 31.2 Å². The molecule has 11 nitrogen and oxygen atoms in total. The summed E-state index contributed by atoms with van der Waals surface area (Å²) >= 11 is 0. The fourth-order valence-corrected chi connectivity index (χ4v) is 4.56. The van der Waals surface area contributed by atoms with E-state index in [0.717, 1.165) is 18.2 Å². The molecule has 4 rings (SSSR count). The summed E-state index contributed by atoms with van der Waals surface area (Å²) in [4.78, 5) is 16.9. The van der Waals surface area contributed by atoms with E-state index in [1.54, 1.807) is 12.3 Å². The first-order chi connectivity index (χ1) is 16.6. The molecule has 0 spiro atoms. The third-order valence-corrected chi connectivity index (χ3v) is 7.26. The number of aryl methyl sites for hydroxylation is 1. The number of fused-ring (bicyclic) bond motifs is 1. The van der Waals surface area contributed by atoms with Crippen molar-refractivity contribution in [1.29, 1.82) is 0 Å². The molecule has 0 unspecified atom stereocenters. The molecule has 4 aromatic rings. The summed E-state index contributed by atoms with van der Waals surface area (Å²) in [6.45, 7) is -2.51. The summed E-state index contributed by atoms with van der Waals surface area (Å²) in [6.07, 6.45) is 5.86. The second-order valence-electron chi connectivity index (χ2n) is 7.54. The summed E-state index contributed by atoms with van der Waals surface area (Å²) in [6, 6.07) is 4.95. The van der Waals surface area contributed by atoms with E-state index in [9.17, 15) is 27.1 Å². The van der Waals surface area contributed by atoms with Gasteiger partial charge in [-0.25, -0.2) is 17.9 Å². The van der Waals surface area contributed by atoms with Gasteiger partial charge in [0.05, 0.1) is 28.6 Å². The summed E-state index contributed by atoms with van der Waals surface area (Å²) in [5.41, 5.74) is 0.456. The number of anilines is 1. The Morgan fingerprint density at radius 2 is 2.09 bits per heavy atom. The molecular formula is C21H20F2N6O5S. The van der Waals surface area contributed by atoms with Crippen molar-refractivity contribution in [3.8, 4) is 17.0 Å². The topological polar surface area (TPSA) is 141 Å². The SMILES string of the molecule is C[C@@H](CO)S(=O)(=O)c1ccc(OC(F)F)c(-c2nn(C)cc2NC(=O)c2cnn3cccnc23)c1.